The zero-order valence-corrected chi connectivity index (χ0v) is 11.9. The topological polar surface area (TPSA) is 48.4 Å². The summed E-state index contributed by atoms with van der Waals surface area (Å²) in [5.74, 6) is 0.608. The van der Waals surface area contributed by atoms with Crippen LogP contribution in [0.1, 0.15) is 26.0 Å². The zero-order chi connectivity index (χ0) is 13.7. The SMILES string of the molecule is CC(O)CNC1CCN(Cc2ccccn2)CC1C. The van der Waals surface area contributed by atoms with Gasteiger partial charge >= 0.3 is 0 Å². The number of hydrogen-bond donors (Lipinski definition) is 2. The molecule has 3 atom stereocenters. The van der Waals surface area contributed by atoms with Gasteiger partial charge in [0.1, 0.15) is 0 Å². The maximum Gasteiger partial charge on any atom is 0.0636 e. The van der Waals surface area contributed by atoms with E-state index in [1.54, 1.807) is 0 Å². The molecule has 3 unspecified atom stereocenters. The van der Waals surface area contributed by atoms with Crippen molar-refractivity contribution in [2.75, 3.05) is 19.6 Å². The number of hydrogen-bond acceptors (Lipinski definition) is 4. The number of pyridine rings is 1. The van der Waals surface area contributed by atoms with E-state index < -0.39 is 0 Å². The largest absolute Gasteiger partial charge is 0.392 e. The van der Waals surface area contributed by atoms with Crippen molar-refractivity contribution in [3.8, 4) is 0 Å². The Morgan fingerprint density at radius 1 is 1.53 bits per heavy atom. The molecule has 0 aromatic carbocycles. The van der Waals surface area contributed by atoms with Gasteiger partial charge < -0.3 is 10.4 Å². The lowest BCUT2D eigenvalue weighted by Crippen LogP contribution is -2.49. The molecule has 0 aliphatic carbocycles. The molecule has 19 heavy (non-hydrogen) atoms. The van der Waals surface area contributed by atoms with Gasteiger partial charge in [-0.05, 0) is 31.4 Å². The van der Waals surface area contributed by atoms with Crippen LogP contribution in [0.25, 0.3) is 0 Å². The summed E-state index contributed by atoms with van der Waals surface area (Å²) in [6.07, 6.45) is 2.73. The fourth-order valence-electron chi connectivity index (χ4n) is 2.72. The summed E-state index contributed by atoms with van der Waals surface area (Å²) in [6, 6.07) is 6.61. The Balaban J connectivity index is 1.79. The molecule has 2 heterocycles. The predicted molar refractivity (Wildman–Crippen MR) is 76.8 cm³/mol. The van der Waals surface area contributed by atoms with Crippen molar-refractivity contribution >= 4 is 0 Å². The molecule has 1 aromatic rings. The third kappa shape index (κ3) is 4.56. The minimum atomic E-state index is -0.265. The second-order valence-corrected chi connectivity index (χ2v) is 5.69. The maximum atomic E-state index is 9.33. The Hall–Kier alpha value is -0.970. The molecule has 2 N–H and O–H groups in total. The van der Waals surface area contributed by atoms with Crippen molar-refractivity contribution in [2.45, 2.75) is 39.0 Å². The first-order chi connectivity index (χ1) is 9.15. The van der Waals surface area contributed by atoms with Gasteiger partial charge in [-0.25, -0.2) is 0 Å². The van der Waals surface area contributed by atoms with Gasteiger partial charge in [0.25, 0.3) is 0 Å². The molecule has 0 spiro atoms. The molecule has 1 aromatic heterocycles. The van der Waals surface area contributed by atoms with Crippen LogP contribution in [0.2, 0.25) is 0 Å². The molecule has 2 rings (SSSR count). The van der Waals surface area contributed by atoms with Gasteiger partial charge in [-0.3, -0.25) is 9.88 Å². The molecule has 1 aliphatic rings. The van der Waals surface area contributed by atoms with E-state index in [4.69, 9.17) is 0 Å². The third-order valence-electron chi connectivity index (χ3n) is 3.78. The second-order valence-electron chi connectivity index (χ2n) is 5.69. The van der Waals surface area contributed by atoms with Crippen LogP contribution in [0.15, 0.2) is 24.4 Å². The predicted octanol–water partition coefficient (Wildman–Crippen LogP) is 1.26. The van der Waals surface area contributed by atoms with Gasteiger partial charge in [-0.1, -0.05) is 13.0 Å². The number of likely N-dealkylation sites (tertiary alicyclic amines) is 1. The molecule has 0 radical (unpaired) electrons. The van der Waals surface area contributed by atoms with Crippen molar-refractivity contribution in [3.05, 3.63) is 30.1 Å². The number of piperidine rings is 1. The van der Waals surface area contributed by atoms with E-state index in [1.165, 1.54) is 0 Å². The average Bonchev–Trinajstić information content (AvgIpc) is 2.39. The van der Waals surface area contributed by atoms with E-state index in [2.05, 4.69) is 28.2 Å². The van der Waals surface area contributed by atoms with E-state index >= 15 is 0 Å². The summed E-state index contributed by atoms with van der Waals surface area (Å²) in [5, 5.41) is 12.8. The molecule has 4 nitrogen and oxygen atoms in total. The fourth-order valence-corrected chi connectivity index (χ4v) is 2.72. The third-order valence-corrected chi connectivity index (χ3v) is 3.78. The van der Waals surface area contributed by atoms with Gasteiger partial charge in [0.05, 0.1) is 11.8 Å². The minimum absolute atomic E-state index is 0.265. The highest BCUT2D eigenvalue weighted by Gasteiger charge is 2.25. The quantitative estimate of drug-likeness (QED) is 0.840. The van der Waals surface area contributed by atoms with Crippen LogP contribution >= 0.6 is 0 Å². The molecule has 0 bridgehead atoms. The number of aromatic nitrogens is 1. The van der Waals surface area contributed by atoms with Gasteiger partial charge in [-0.15, -0.1) is 0 Å². The van der Waals surface area contributed by atoms with Crippen molar-refractivity contribution in [1.29, 1.82) is 0 Å². The highest BCUT2D eigenvalue weighted by Crippen LogP contribution is 2.18. The Morgan fingerprint density at radius 2 is 2.37 bits per heavy atom. The van der Waals surface area contributed by atoms with E-state index in [0.29, 0.717) is 18.5 Å². The van der Waals surface area contributed by atoms with Gasteiger partial charge in [0, 0.05) is 38.4 Å². The van der Waals surface area contributed by atoms with Crippen LogP contribution in [-0.2, 0) is 6.54 Å². The van der Waals surface area contributed by atoms with Crippen LogP contribution in [-0.4, -0.2) is 46.8 Å². The van der Waals surface area contributed by atoms with E-state index in [1.807, 2.05) is 25.3 Å². The fraction of sp³-hybridized carbons (Fsp3) is 0.667. The number of aliphatic hydroxyl groups is 1. The van der Waals surface area contributed by atoms with E-state index in [9.17, 15) is 5.11 Å². The monoisotopic (exact) mass is 263 g/mol. The van der Waals surface area contributed by atoms with Gasteiger partial charge in [0.15, 0.2) is 0 Å². The highest BCUT2D eigenvalue weighted by molar-refractivity contribution is 5.03. The zero-order valence-electron chi connectivity index (χ0n) is 11.9. The van der Waals surface area contributed by atoms with Crippen molar-refractivity contribution < 1.29 is 5.11 Å². The first-order valence-electron chi connectivity index (χ1n) is 7.19. The molecular weight excluding hydrogens is 238 g/mol. The average molecular weight is 263 g/mol. The van der Waals surface area contributed by atoms with Crippen molar-refractivity contribution in [2.24, 2.45) is 5.92 Å². The molecule has 1 fully saturated rings. The number of nitrogens with zero attached hydrogens (tertiary/aromatic N) is 2. The summed E-state index contributed by atoms with van der Waals surface area (Å²) in [4.78, 5) is 6.85. The Bertz CT molecular complexity index is 369. The molecular formula is C15H25N3O. The van der Waals surface area contributed by atoms with Crippen LogP contribution in [0.4, 0.5) is 0 Å². The first kappa shape index (κ1) is 14.4. The van der Waals surface area contributed by atoms with E-state index in [-0.39, 0.29) is 6.10 Å². The van der Waals surface area contributed by atoms with Crippen molar-refractivity contribution in [3.63, 3.8) is 0 Å². The van der Waals surface area contributed by atoms with Crippen LogP contribution in [0.3, 0.4) is 0 Å². The smallest absolute Gasteiger partial charge is 0.0636 e. The molecule has 0 saturated carbocycles. The van der Waals surface area contributed by atoms with Gasteiger partial charge in [0.2, 0.25) is 0 Å². The van der Waals surface area contributed by atoms with Gasteiger partial charge in [-0.2, -0.15) is 0 Å². The molecule has 1 saturated heterocycles. The molecule has 0 amide bonds. The number of aliphatic hydroxyl groups excluding tert-OH is 1. The molecule has 4 heteroatoms. The summed E-state index contributed by atoms with van der Waals surface area (Å²) in [5.41, 5.74) is 1.14. The Labute approximate surface area is 115 Å². The lowest BCUT2D eigenvalue weighted by molar-refractivity contribution is 0.124. The Kier molecular flexibility index (Phi) is 5.31. The second kappa shape index (κ2) is 6.98. The lowest BCUT2D eigenvalue weighted by atomic mass is 9.93. The normalized spacial score (nSPS) is 26.3. The Morgan fingerprint density at radius 3 is 3.00 bits per heavy atom. The first-order valence-corrected chi connectivity index (χ1v) is 7.19. The lowest BCUT2D eigenvalue weighted by Gasteiger charge is -2.37. The van der Waals surface area contributed by atoms with E-state index in [0.717, 1.165) is 31.7 Å². The number of rotatable bonds is 5. The van der Waals surface area contributed by atoms with Crippen LogP contribution in [0.5, 0.6) is 0 Å². The summed E-state index contributed by atoms with van der Waals surface area (Å²) < 4.78 is 0. The van der Waals surface area contributed by atoms with Crippen LogP contribution in [0, 0.1) is 5.92 Å². The highest BCUT2D eigenvalue weighted by atomic mass is 16.3. The van der Waals surface area contributed by atoms with Crippen LogP contribution < -0.4 is 5.32 Å². The minimum Gasteiger partial charge on any atom is -0.392 e. The summed E-state index contributed by atoms with van der Waals surface area (Å²) in [7, 11) is 0. The van der Waals surface area contributed by atoms with Crippen molar-refractivity contribution in [1.82, 2.24) is 15.2 Å². The molecule has 106 valence electrons. The summed E-state index contributed by atoms with van der Waals surface area (Å²) in [6.45, 7) is 7.92. The standard InChI is InChI=1S/C15H25N3O/c1-12-10-18(11-14-5-3-4-7-16-14)8-6-15(12)17-9-13(2)19/h3-5,7,12-13,15,17,19H,6,8-11H2,1-2H3. The molecule has 1 aliphatic heterocycles. The maximum absolute atomic E-state index is 9.33. The summed E-state index contributed by atoms with van der Waals surface area (Å²) >= 11 is 0. The number of nitrogens with one attached hydrogen (secondary N) is 1.